The fourth-order valence-electron chi connectivity index (χ4n) is 3.10. The molecule has 0 aliphatic heterocycles. The molecule has 0 bridgehead atoms. The monoisotopic (exact) mass is 364 g/mol. The number of hydrogen-bond donors (Lipinski definition) is 0. The van der Waals surface area contributed by atoms with Crippen molar-refractivity contribution in [2.45, 2.75) is 49.4 Å². The molecule has 130 valence electrons. The molecule has 1 saturated carbocycles. The highest BCUT2D eigenvalue weighted by molar-refractivity contribution is 8.01. The number of carbonyl (C=O) groups is 1. The van der Waals surface area contributed by atoms with Gasteiger partial charge >= 0.3 is 0 Å². The van der Waals surface area contributed by atoms with E-state index in [0.717, 1.165) is 33.1 Å². The maximum Gasteiger partial charge on any atom is 0.233 e. The molecule has 0 unspecified atom stereocenters. The molecular weight excluding hydrogens is 340 g/mol. The highest BCUT2D eigenvalue weighted by Crippen LogP contribution is 2.32. The van der Waals surface area contributed by atoms with Crippen molar-refractivity contribution in [1.29, 1.82) is 0 Å². The van der Waals surface area contributed by atoms with Crippen LogP contribution in [-0.2, 0) is 4.79 Å². The molecule has 0 radical (unpaired) electrons. The number of benzene rings is 1. The van der Waals surface area contributed by atoms with E-state index in [2.05, 4.69) is 4.98 Å². The number of amides is 1. The van der Waals surface area contributed by atoms with Gasteiger partial charge in [-0.3, -0.25) is 4.79 Å². The van der Waals surface area contributed by atoms with Crippen molar-refractivity contribution in [2.75, 3.05) is 19.4 Å². The predicted molar refractivity (Wildman–Crippen MR) is 101 cm³/mol. The first kappa shape index (κ1) is 17.5. The number of hydrogen-bond acceptors (Lipinski definition) is 5. The van der Waals surface area contributed by atoms with Gasteiger partial charge in [0.2, 0.25) is 5.91 Å². The molecule has 2 aromatic rings. The van der Waals surface area contributed by atoms with Crippen molar-refractivity contribution in [3.05, 3.63) is 18.2 Å². The van der Waals surface area contributed by atoms with Crippen LogP contribution in [0.1, 0.15) is 39.0 Å². The maximum atomic E-state index is 12.4. The Morgan fingerprint density at radius 3 is 2.92 bits per heavy atom. The normalized spacial score (nSPS) is 15.6. The molecule has 1 fully saturated rings. The number of ether oxygens (including phenoxy) is 1. The Morgan fingerprint density at radius 2 is 2.17 bits per heavy atom. The third-order valence-corrected chi connectivity index (χ3v) is 6.63. The van der Waals surface area contributed by atoms with Gasteiger partial charge in [0, 0.05) is 13.1 Å². The standard InChI is InChI=1S/C18H24N2O2S2/c1-3-22-14-9-10-15-16(11-14)24-18(19-15)23-12-17(21)20(2)13-7-5-4-6-8-13/h9-11,13H,3-8,12H2,1-2H3. The summed E-state index contributed by atoms with van der Waals surface area (Å²) in [4.78, 5) is 19.0. The van der Waals surface area contributed by atoms with Gasteiger partial charge in [0.05, 0.1) is 22.6 Å². The van der Waals surface area contributed by atoms with Gasteiger partial charge in [-0.1, -0.05) is 31.0 Å². The highest BCUT2D eigenvalue weighted by atomic mass is 32.2. The van der Waals surface area contributed by atoms with Crippen LogP contribution in [0.15, 0.2) is 22.5 Å². The van der Waals surface area contributed by atoms with Crippen molar-refractivity contribution in [3.63, 3.8) is 0 Å². The average Bonchev–Trinajstić information content (AvgIpc) is 3.02. The molecule has 0 N–H and O–H groups in total. The molecule has 1 aliphatic rings. The lowest BCUT2D eigenvalue weighted by atomic mass is 9.94. The van der Waals surface area contributed by atoms with Crippen molar-refractivity contribution in [2.24, 2.45) is 0 Å². The summed E-state index contributed by atoms with van der Waals surface area (Å²) in [6.07, 6.45) is 6.09. The average molecular weight is 365 g/mol. The molecule has 0 atom stereocenters. The maximum absolute atomic E-state index is 12.4. The number of carbonyl (C=O) groups excluding carboxylic acids is 1. The van der Waals surface area contributed by atoms with Gasteiger partial charge in [-0.05, 0) is 38.0 Å². The SMILES string of the molecule is CCOc1ccc2nc(SCC(=O)N(C)C3CCCCC3)sc2c1. The summed E-state index contributed by atoms with van der Waals surface area (Å²) < 4.78 is 7.59. The number of fused-ring (bicyclic) bond motifs is 1. The molecule has 1 aromatic carbocycles. The number of nitrogens with zero attached hydrogens (tertiary/aromatic N) is 2. The van der Waals surface area contributed by atoms with Crippen molar-refractivity contribution in [3.8, 4) is 5.75 Å². The Morgan fingerprint density at radius 1 is 1.38 bits per heavy atom. The molecule has 24 heavy (non-hydrogen) atoms. The zero-order valence-electron chi connectivity index (χ0n) is 14.3. The summed E-state index contributed by atoms with van der Waals surface area (Å²) in [6.45, 7) is 2.64. The molecule has 1 heterocycles. The summed E-state index contributed by atoms with van der Waals surface area (Å²) in [5.41, 5.74) is 0.971. The van der Waals surface area contributed by atoms with Crippen molar-refractivity contribution >= 4 is 39.2 Å². The summed E-state index contributed by atoms with van der Waals surface area (Å²) >= 11 is 3.17. The number of thioether (sulfide) groups is 1. The largest absolute Gasteiger partial charge is 0.494 e. The van der Waals surface area contributed by atoms with Crippen LogP contribution in [0.25, 0.3) is 10.2 Å². The van der Waals surface area contributed by atoms with E-state index < -0.39 is 0 Å². The minimum absolute atomic E-state index is 0.209. The van der Waals surface area contributed by atoms with E-state index in [0.29, 0.717) is 18.4 Å². The Labute approximate surface area is 151 Å². The van der Waals surface area contributed by atoms with Gasteiger partial charge in [0.15, 0.2) is 4.34 Å². The van der Waals surface area contributed by atoms with E-state index in [-0.39, 0.29) is 5.91 Å². The summed E-state index contributed by atoms with van der Waals surface area (Å²) in [5.74, 6) is 1.55. The van der Waals surface area contributed by atoms with Gasteiger partial charge in [-0.25, -0.2) is 4.98 Å². The highest BCUT2D eigenvalue weighted by Gasteiger charge is 2.22. The van der Waals surface area contributed by atoms with Crippen molar-refractivity contribution in [1.82, 2.24) is 9.88 Å². The van der Waals surface area contributed by atoms with Crippen LogP contribution < -0.4 is 4.74 Å². The molecule has 0 saturated heterocycles. The van der Waals surface area contributed by atoms with Crippen LogP contribution in [0.2, 0.25) is 0 Å². The fraction of sp³-hybridized carbons (Fsp3) is 0.556. The lowest BCUT2D eigenvalue weighted by Crippen LogP contribution is -2.39. The van der Waals surface area contributed by atoms with Crippen LogP contribution in [0.3, 0.4) is 0 Å². The van der Waals surface area contributed by atoms with Crippen LogP contribution >= 0.6 is 23.1 Å². The topological polar surface area (TPSA) is 42.4 Å². The second-order valence-electron chi connectivity index (χ2n) is 6.13. The lowest BCUT2D eigenvalue weighted by Gasteiger charge is -2.31. The second-order valence-corrected chi connectivity index (χ2v) is 8.38. The van der Waals surface area contributed by atoms with E-state index in [1.807, 2.05) is 37.1 Å². The van der Waals surface area contributed by atoms with E-state index in [1.54, 1.807) is 23.1 Å². The van der Waals surface area contributed by atoms with E-state index in [9.17, 15) is 4.79 Å². The Bertz CT molecular complexity index is 695. The van der Waals surface area contributed by atoms with E-state index in [4.69, 9.17) is 4.74 Å². The zero-order valence-corrected chi connectivity index (χ0v) is 15.9. The molecule has 1 aliphatic carbocycles. The van der Waals surface area contributed by atoms with Gasteiger partial charge in [-0.2, -0.15) is 0 Å². The fourth-order valence-corrected chi connectivity index (χ4v) is 5.12. The minimum Gasteiger partial charge on any atom is -0.494 e. The summed E-state index contributed by atoms with van der Waals surface area (Å²) in [6, 6.07) is 6.38. The van der Waals surface area contributed by atoms with Gasteiger partial charge in [0.25, 0.3) is 0 Å². The first-order valence-corrected chi connectivity index (χ1v) is 10.4. The van der Waals surface area contributed by atoms with E-state index >= 15 is 0 Å². The first-order chi connectivity index (χ1) is 11.7. The summed E-state index contributed by atoms with van der Waals surface area (Å²) in [7, 11) is 1.95. The Kier molecular flexibility index (Phi) is 6.00. The van der Waals surface area contributed by atoms with Crippen LogP contribution in [-0.4, -0.2) is 41.2 Å². The smallest absolute Gasteiger partial charge is 0.233 e. The summed E-state index contributed by atoms with van der Waals surface area (Å²) in [5, 5.41) is 0. The second kappa shape index (κ2) is 8.21. The third-order valence-electron chi connectivity index (χ3n) is 4.49. The quantitative estimate of drug-likeness (QED) is 0.704. The van der Waals surface area contributed by atoms with Gasteiger partial charge in [-0.15, -0.1) is 11.3 Å². The predicted octanol–water partition coefficient (Wildman–Crippen LogP) is 4.58. The van der Waals surface area contributed by atoms with Gasteiger partial charge < -0.3 is 9.64 Å². The zero-order chi connectivity index (χ0) is 16.9. The molecule has 1 aromatic heterocycles. The van der Waals surface area contributed by atoms with Crippen LogP contribution in [0, 0.1) is 0 Å². The Balaban J connectivity index is 1.59. The number of aromatic nitrogens is 1. The molecule has 4 nitrogen and oxygen atoms in total. The molecule has 0 spiro atoms. The van der Waals surface area contributed by atoms with Crippen molar-refractivity contribution < 1.29 is 9.53 Å². The van der Waals surface area contributed by atoms with Crippen LogP contribution in [0.4, 0.5) is 0 Å². The van der Waals surface area contributed by atoms with E-state index in [1.165, 1.54) is 19.3 Å². The third kappa shape index (κ3) is 4.22. The first-order valence-electron chi connectivity index (χ1n) is 8.59. The van der Waals surface area contributed by atoms with Crippen LogP contribution in [0.5, 0.6) is 5.75 Å². The minimum atomic E-state index is 0.209. The number of thiazole rings is 1. The number of rotatable bonds is 6. The van der Waals surface area contributed by atoms with Gasteiger partial charge in [0.1, 0.15) is 5.75 Å². The molecular formula is C18H24N2O2S2. The molecule has 1 amide bonds. The lowest BCUT2D eigenvalue weighted by molar-refractivity contribution is -0.129. The molecule has 3 rings (SSSR count). The Hall–Kier alpha value is -1.27. The molecule has 6 heteroatoms.